The van der Waals surface area contributed by atoms with Crippen molar-refractivity contribution < 1.29 is 14.2 Å². The summed E-state index contributed by atoms with van der Waals surface area (Å²) < 4.78 is 18.8. The molecule has 0 bridgehead atoms. The molecule has 0 saturated carbocycles. The van der Waals surface area contributed by atoms with Crippen LogP contribution in [0.15, 0.2) is 17.4 Å². The Morgan fingerprint density at radius 3 is 2.85 bits per heavy atom. The predicted octanol–water partition coefficient (Wildman–Crippen LogP) is 1.20. The smallest absolute Gasteiger partial charge is 0.193 e. The van der Waals surface area contributed by atoms with Crippen LogP contribution >= 0.6 is 0 Å². The molecule has 0 amide bonds. The lowest BCUT2D eigenvalue weighted by Gasteiger charge is -2.34. The molecular weight excluding hydrogens is 334 g/mol. The van der Waals surface area contributed by atoms with Crippen molar-refractivity contribution in [1.82, 2.24) is 20.0 Å². The SMILES string of the molecule is CCCCOCCOCCNC(=NC)N1CCOC(c2cnn(C)c2)C1. The quantitative estimate of drug-likeness (QED) is 0.381. The predicted molar refractivity (Wildman–Crippen MR) is 101 cm³/mol. The van der Waals surface area contributed by atoms with Crippen molar-refractivity contribution in [2.75, 3.05) is 59.7 Å². The molecule has 1 aliphatic heterocycles. The molecule has 1 aromatic rings. The zero-order valence-electron chi connectivity index (χ0n) is 16.3. The first-order valence-corrected chi connectivity index (χ1v) is 9.45. The monoisotopic (exact) mass is 367 g/mol. The summed E-state index contributed by atoms with van der Waals surface area (Å²) in [5, 5.41) is 7.59. The summed E-state index contributed by atoms with van der Waals surface area (Å²) in [6.07, 6.45) is 6.15. The highest BCUT2D eigenvalue weighted by Gasteiger charge is 2.24. The van der Waals surface area contributed by atoms with Crippen LogP contribution in [-0.2, 0) is 21.3 Å². The van der Waals surface area contributed by atoms with Crippen molar-refractivity contribution >= 4 is 5.96 Å². The molecule has 0 radical (unpaired) electrons. The number of aryl methyl sites for hydroxylation is 1. The summed E-state index contributed by atoms with van der Waals surface area (Å²) in [6, 6.07) is 0. The fourth-order valence-corrected chi connectivity index (χ4v) is 2.79. The van der Waals surface area contributed by atoms with Gasteiger partial charge in [0, 0.05) is 45.6 Å². The van der Waals surface area contributed by atoms with Gasteiger partial charge >= 0.3 is 0 Å². The Balaban J connectivity index is 1.65. The summed E-state index contributed by atoms with van der Waals surface area (Å²) in [4.78, 5) is 6.60. The Morgan fingerprint density at radius 1 is 1.35 bits per heavy atom. The van der Waals surface area contributed by atoms with Gasteiger partial charge in [0.05, 0.1) is 39.2 Å². The highest BCUT2D eigenvalue weighted by Crippen LogP contribution is 2.21. The molecule has 0 aliphatic carbocycles. The normalized spacial score (nSPS) is 18.3. The lowest BCUT2D eigenvalue weighted by molar-refractivity contribution is -0.00823. The molecule has 8 nitrogen and oxygen atoms in total. The molecule has 1 unspecified atom stereocenters. The molecule has 2 heterocycles. The largest absolute Gasteiger partial charge is 0.379 e. The Labute approximate surface area is 156 Å². The average Bonchev–Trinajstić information content (AvgIpc) is 3.10. The van der Waals surface area contributed by atoms with Crippen LogP contribution in [0.5, 0.6) is 0 Å². The first kappa shape index (κ1) is 20.7. The first-order valence-electron chi connectivity index (χ1n) is 9.45. The van der Waals surface area contributed by atoms with Crippen LogP contribution in [0, 0.1) is 0 Å². The van der Waals surface area contributed by atoms with Crippen molar-refractivity contribution in [3.63, 3.8) is 0 Å². The highest BCUT2D eigenvalue weighted by molar-refractivity contribution is 5.80. The van der Waals surface area contributed by atoms with Crippen molar-refractivity contribution in [3.8, 4) is 0 Å². The van der Waals surface area contributed by atoms with Gasteiger partial charge < -0.3 is 24.4 Å². The maximum atomic E-state index is 5.88. The Morgan fingerprint density at radius 2 is 2.15 bits per heavy atom. The van der Waals surface area contributed by atoms with Crippen LogP contribution in [0.2, 0.25) is 0 Å². The molecule has 1 saturated heterocycles. The van der Waals surface area contributed by atoms with Gasteiger partial charge in [0.25, 0.3) is 0 Å². The highest BCUT2D eigenvalue weighted by atomic mass is 16.5. The van der Waals surface area contributed by atoms with Gasteiger partial charge in [0.1, 0.15) is 6.10 Å². The summed E-state index contributed by atoms with van der Waals surface area (Å²) >= 11 is 0. The van der Waals surface area contributed by atoms with Gasteiger partial charge in [-0.15, -0.1) is 0 Å². The van der Waals surface area contributed by atoms with Gasteiger partial charge in [-0.25, -0.2) is 0 Å². The third-order valence-electron chi connectivity index (χ3n) is 4.22. The van der Waals surface area contributed by atoms with E-state index in [0.717, 1.165) is 50.6 Å². The number of hydrogen-bond donors (Lipinski definition) is 1. The number of rotatable bonds is 10. The van der Waals surface area contributed by atoms with Crippen molar-refractivity contribution in [3.05, 3.63) is 18.0 Å². The van der Waals surface area contributed by atoms with Gasteiger partial charge in [-0.1, -0.05) is 13.3 Å². The van der Waals surface area contributed by atoms with Crippen LogP contribution in [0.1, 0.15) is 31.4 Å². The number of aromatic nitrogens is 2. The summed E-state index contributed by atoms with van der Waals surface area (Å²) in [5.74, 6) is 0.880. The van der Waals surface area contributed by atoms with Crippen LogP contribution in [0.4, 0.5) is 0 Å². The van der Waals surface area contributed by atoms with Gasteiger partial charge in [-0.2, -0.15) is 5.10 Å². The number of nitrogens with zero attached hydrogens (tertiary/aromatic N) is 4. The minimum absolute atomic E-state index is 0.0209. The van der Waals surface area contributed by atoms with Gasteiger partial charge in [0.2, 0.25) is 0 Å². The molecule has 1 atom stereocenters. The van der Waals surface area contributed by atoms with E-state index in [4.69, 9.17) is 14.2 Å². The maximum absolute atomic E-state index is 5.88. The second-order valence-electron chi connectivity index (χ2n) is 6.31. The maximum Gasteiger partial charge on any atom is 0.193 e. The topological polar surface area (TPSA) is 73.1 Å². The van der Waals surface area contributed by atoms with E-state index in [-0.39, 0.29) is 6.10 Å². The van der Waals surface area contributed by atoms with Crippen LogP contribution in [0.3, 0.4) is 0 Å². The van der Waals surface area contributed by atoms with Crippen LogP contribution in [-0.4, -0.2) is 80.4 Å². The standard InChI is InChI=1S/C18H33N5O3/c1-4-5-8-24-11-12-25-9-6-20-18(19-2)23-7-10-26-17(15-23)16-13-21-22(3)14-16/h13-14,17H,4-12,15H2,1-3H3,(H,19,20). The fraction of sp³-hybridized carbons (Fsp3) is 0.778. The van der Waals surface area contributed by atoms with E-state index in [2.05, 4.69) is 27.2 Å². The number of ether oxygens (including phenoxy) is 3. The fourth-order valence-electron chi connectivity index (χ4n) is 2.79. The molecule has 0 aromatic carbocycles. The molecule has 148 valence electrons. The van der Waals surface area contributed by atoms with Crippen LogP contribution in [0.25, 0.3) is 0 Å². The van der Waals surface area contributed by atoms with E-state index in [0.29, 0.717) is 26.4 Å². The molecule has 1 N–H and O–H groups in total. The van der Waals surface area contributed by atoms with Crippen molar-refractivity contribution in [2.24, 2.45) is 12.0 Å². The Hall–Kier alpha value is -1.64. The number of morpholine rings is 1. The molecule has 1 fully saturated rings. The lowest BCUT2D eigenvalue weighted by Crippen LogP contribution is -2.48. The Kier molecular flexibility index (Phi) is 9.44. The van der Waals surface area contributed by atoms with Gasteiger partial charge in [-0.05, 0) is 6.42 Å². The molecule has 2 rings (SSSR count). The van der Waals surface area contributed by atoms with E-state index < -0.39 is 0 Å². The van der Waals surface area contributed by atoms with E-state index in [1.165, 1.54) is 0 Å². The van der Waals surface area contributed by atoms with E-state index in [9.17, 15) is 0 Å². The minimum Gasteiger partial charge on any atom is -0.379 e. The molecule has 26 heavy (non-hydrogen) atoms. The summed E-state index contributed by atoms with van der Waals surface area (Å²) in [7, 11) is 3.72. The zero-order valence-corrected chi connectivity index (χ0v) is 16.3. The minimum atomic E-state index is 0.0209. The molecule has 8 heteroatoms. The number of nitrogens with one attached hydrogen (secondary N) is 1. The summed E-state index contributed by atoms with van der Waals surface area (Å²) in [6.45, 7) is 7.87. The third kappa shape index (κ3) is 6.93. The molecule has 1 aromatic heterocycles. The number of aliphatic imine (C=N–C) groups is 1. The number of guanidine groups is 1. The van der Waals surface area contributed by atoms with Crippen molar-refractivity contribution in [1.29, 1.82) is 0 Å². The van der Waals surface area contributed by atoms with Crippen molar-refractivity contribution in [2.45, 2.75) is 25.9 Å². The number of unbranched alkanes of at least 4 members (excludes halogenated alkanes) is 1. The first-order chi connectivity index (χ1) is 12.7. The summed E-state index contributed by atoms with van der Waals surface area (Å²) in [5.41, 5.74) is 1.10. The van der Waals surface area contributed by atoms with E-state index >= 15 is 0 Å². The van der Waals surface area contributed by atoms with Crippen LogP contribution < -0.4 is 5.32 Å². The van der Waals surface area contributed by atoms with Gasteiger partial charge in [-0.3, -0.25) is 9.67 Å². The third-order valence-corrected chi connectivity index (χ3v) is 4.22. The lowest BCUT2D eigenvalue weighted by atomic mass is 10.1. The second kappa shape index (κ2) is 11.9. The Bertz CT molecular complexity index is 535. The molecule has 0 spiro atoms. The second-order valence-corrected chi connectivity index (χ2v) is 6.31. The van der Waals surface area contributed by atoms with E-state index in [1.807, 2.05) is 19.4 Å². The van der Waals surface area contributed by atoms with E-state index in [1.54, 1.807) is 11.7 Å². The zero-order chi connectivity index (χ0) is 18.6. The molecule has 1 aliphatic rings. The number of hydrogen-bond acceptors (Lipinski definition) is 5. The van der Waals surface area contributed by atoms with Gasteiger partial charge in [0.15, 0.2) is 5.96 Å². The average molecular weight is 367 g/mol. The molecular formula is C18H33N5O3.